The molecule has 0 unspecified atom stereocenters. The van der Waals surface area contributed by atoms with Gasteiger partial charge in [0.1, 0.15) is 5.82 Å². The van der Waals surface area contributed by atoms with E-state index >= 15 is 0 Å². The number of carbonyl (C=O) groups excluding carboxylic acids is 2. The lowest BCUT2D eigenvalue weighted by atomic mass is 9.83. The lowest BCUT2D eigenvalue weighted by Gasteiger charge is -2.34. The lowest BCUT2D eigenvalue weighted by molar-refractivity contribution is 0.0832. The first-order valence-corrected chi connectivity index (χ1v) is 14.8. The molecule has 39 heavy (non-hydrogen) atoms. The normalized spacial score (nSPS) is 23.5. The van der Waals surface area contributed by atoms with Crippen LogP contribution in [0.1, 0.15) is 65.7 Å². The number of likely N-dealkylation sites (N-methyl/N-ethyl adjacent to an activating group) is 1. The van der Waals surface area contributed by atoms with Gasteiger partial charge in [-0.25, -0.2) is 4.39 Å². The van der Waals surface area contributed by atoms with Gasteiger partial charge in [-0.05, 0) is 126 Å². The minimum Gasteiger partial charge on any atom is -0.369 e. The highest BCUT2D eigenvalue weighted by atomic mass is 19.1. The van der Waals surface area contributed by atoms with Crippen LogP contribution >= 0.6 is 0 Å². The number of benzene rings is 2. The predicted molar refractivity (Wildman–Crippen MR) is 154 cm³/mol. The fourth-order valence-corrected chi connectivity index (χ4v) is 6.39. The van der Waals surface area contributed by atoms with Crippen molar-refractivity contribution >= 4 is 17.4 Å². The zero-order valence-corrected chi connectivity index (χ0v) is 23.3. The Labute approximate surface area is 232 Å². The Hall–Kier alpha value is -2.77. The molecule has 1 amide bonds. The minimum atomic E-state index is -0.302. The number of rotatable bonds is 8. The summed E-state index contributed by atoms with van der Waals surface area (Å²) in [5.41, 5.74) is 2.57. The number of anilines is 1. The van der Waals surface area contributed by atoms with Gasteiger partial charge in [0.05, 0.1) is 0 Å². The molecule has 1 N–H and O–H groups in total. The van der Waals surface area contributed by atoms with Crippen molar-refractivity contribution in [2.45, 2.75) is 51.0 Å². The number of nitrogens with zero attached hydrogens (tertiary/aromatic N) is 3. The van der Waals surface area contributed by atoms with E-state index in [0.29, 0.717) is 11.5 Å². The topological polar surface area (TPSA) is 55.9 Å². The SMILES string of the molecule is CN1CCN(c2ccc(C(=O)NC3CCC(CCN4CCC(C(=O)c5ccc(F)cc5)CC4)CC3)cc2)CC1. The third-order valence-corrected chi connectivity index (χ3v) is 9.12. The van der Waals surface area contributed by atoms with Crippen molar-refractivity contribution in [1.82, 2.24) is 15.1 Å². The summed E-state index contributed by atoms with van der Waals surface area (Å²) in [6.07, 6.45) is 7.36. The lowest BCUT2D eigenvalue weighted by Crippen LogP contribution is -2.44. The molecule has 3 aliphatic rings. The molecule has 0 spiro atoms. The molecule has 7 heteroatoms. The maximum absolute atomic E-state index is 13.2. The Morgan fingerprint density at radius 3 is 2.05 bits per heavy atom. The Morgan fingerprint density at radius 2 is 1.41 bits per heavy atom. The molecule has 0 atom stereocenters. The third-order valence-electron chi connectivity index (χ3n) is 9.12. The van der Waals surface area contributed by atoms with Crippen molar-refractivity contribution in [2.24, 2.45) is 11.8 Å². The summed E-state index contributed by atoms with van der Waals surface area (Å²) in [5.74, 6) is 0.653. The summed E-state index contributed by atoms with van der Waals surface area (Å²) >= 11 is 0. The number of halogens is 1. The average molecular weight is 535 g/mol. The molecule has 1 saturated carbocycles. The number of carbonyl (C=O) groups is 2. The van der Waals surface area contributed by atoms with E-state index < -0.39 is 0 Å². The summed E-state index contributed by atoms with van der Waals surface area (Å²) in [4.78, 5) is 32.8. The number of Topliss-reactive ketones (excluding diaryl/α,β-unsaturated/α-hetero) is 1. The summed E-state index contributed by atoms with van der Waals surface area (Å²) < 4.78 is 13.2. The minimum absolute atomic E-state index is 0.0430. The number of ketones is 1. The maximum atomic E-state index is 13.2. The highest BCUT2D eigenvalue weighted by Gasteiger charge is 2.27. The molecule has 2 aromatic carbocycles. The van der Waals surface area contributed by atoms with Gasteiger partial charge in [0.15, 0.2) is 5.78 Å². The summed E-state index contributed by atoms with van der Waals surface area (Å²) in [5, 5.41) is 3.28. The molecule has 6 nitrogen and oxygen atoms in total. The van der Waals surface area contributed by atoms with E-state index in [2.05, 4.69) is 39.2 Å². The highest BCUT2D eigenvalue weighted by molar-refractivity contribution is 5.97. The van der Waals surface area contributed by atoms with Crippen LogP contribution in [0.5, 0.6) is 0 Å². The Balaban J connectivity index is 0.984. The monoisotopic (exact) mass is 534 g/mol. The first-order chi connectivity index (χ1) is 18.9. The van der Waals surface area contributed by atoms with Crippen molar-refractivity contribution in [3.63, 3.8) is 0 Å². The molecule has 1 aliphatic carbocycles. The molecular weight excluding hydrogens is 491 g/mol. The first kappa shape index (κ1) is 27.8. The molecule has 210 valence electrons. The number of likely N-dealkylation sites (tertiary alicyclic amines) is 1. The number of hydrogen-bond donors (Lipinski definition) is 1. The van der Waals surface area contributed by atoms with Crippen molar-refractivity contribution in [3.05, 3.63) is 65.5 Å². The molecule has 2 aliphatic heterocycles. The van der Waals surface area contributed by atoms with E-state index in [1.807, 2.05) is 12.1 Å². The summed E-state index contributed by atoms with van der Waals surface area (Å²) in [7, 11) is 2.16. The van der Waals surface area contributed by atoms with Gasteiger partial charge in [0.2, 0.25) is 0 Å². The van der Waals surface area contributed by atoms with Crippen LogP contribution in [-0.4, -0.2) is 80.4 Å². The van der Waals surface area contributed by atoms with Crippen LogP contribution in [0, 0.1) is 17.7 Å². The average Bonchev–Trinajstić information content (AvgIpc) is 2.97. The zero-order valence-electron chi connectivity index (χ0n) is 23.3. The van der Waals surface area contributed by atoms with Gasteiger partial charge < -0.3 is 20.0 Å². The fourth-order valence-electron chi connectivity index (χ4n) is 6.39. The molecule has 0 radical (unpaired) electrons. The largest absolute Gasteiger partial charge is 0.369 e. The standard InChI is InChI=1S/C32H43FN4O2/c1-35-20-22-37(23-21-35)30-12-6-27(7-13-30)32(39)34-29-10-2-24(3-11-29)14-17-36-18-15-26(16-19-36)31(38)25-4-8-28(33)9-5-25/h4-9,12-13,24,26,29H,2-3,10-11,14-23H2,1H3,(H,34,39). The van der Waals surface area contributed by atoms with Gasteiger partial charge >= 0.3 is 0 Å². The van der Waals surface area contributed by atoms with Crippen LogP contribution in [0.2, 0.25) is 0 Å². The number of hydrogen-bond acceptors (Lipinski definition) is 5. The van der Waals surface area contributed by atoms with Gasteiger partial charge in [0.25, 0.3) is 5.91 Å². The Kier molecular flexibility index (Phi) is 9.30. The van der Waals surface area contributed by atoms with Gasteiger partial charge in [0, 0.05) is 55.0 Å². The smallest absolute Gasteiger partial charge is 0.251 e. The number of amides is 1. The Bertz CT molecular complexity index is 1080. The van der Waals surface area contributed by atoms with E-state index in [0.717, 1.165) is 89.9 Å². The predicted octanol–water partition coefficient (Wildman–Crippen LogP) is 4.85. The second kappa shape index (κ2) is 13.1. The van der Waals surface area contributed by atoms with Gasteiger partial charge in [-0.1, -0.05) is 0 Å². The van der Waals surface area contributed by atoms with E-state index in [4.69, 9.17) is 0 Å². The molecule has 3 fully saturated rings. The second-order valence-corrected chi connectivity index (χ2v) is 11.8. The van der Waals surface area contributed by atoms with Crippen LogP contribution in [0.4, 0.5) is 10.1 Å². The quantitative estimate of drug-likeness (QED) is 0.491. The van der Waals surface area contributed by atoms with Crippen molar-refractivity contribution in [1.29, 1.82) is 0 Å². The van der Waals surface area contributed by atoms with Crippen LogP contribution in [0.15, 0.2) is 48.5 Å². The first-order valence-electron chi connectivity index (χ1n) is 14.8. The molecule has 0 aromatic heterocycles. The van der Waals surface area contributed by atoms with Gasteiger partial charge in [-0.15, -0.1) is 0 Å². The number of piperidine rings is 1. The summed E-state index contributed by atoms with van der Waals surface area (Å²) in [6.45, 7) is 7.19. The summed E-state index contributed by atoms with van der Waals surface area (Å²) in [6, 6.07) is 14.3. The van der Waals surface area contributed by atoms with E-state index in [-0.39, 0.29) is 29.5 Å². The molecule has 2 heterocycles. The zero-order chi connectivity index (χ0) is 27.2. The van der Waals surface area contributed by atoms with Crippen molar-refractivity contribution in [2.75, 3.05) is 57.8 Å². The molecule has 5 rings (SSSR count). The number of piperazine rings is 1. The van der Waals surface area contributed by atoms with E-state index in [9.17, 15) is 14.0 Å². The highest BCUT2D eigenvalue weighted by Crippen LogP contribution is 2.29. The van der Waals surface area contributed by atoms with E-state index in [1.54, 1.807) is 12.1 Å². The fraction of sp³-hybridized carbons (Fsp3) is 0.562. The van der Waals surface area contributed by atoms with E-state index in [1.165, 1.54) is 24.2 Å². The van der Waals surface area contributed by atoms with Gasteiger partial charge in [-0.3, -0.25) is 9.59 Å². The van der Waals surface area contributed by atoms with Crippen molar-refractivity contribution < 1.29 is 14.0 Å². The molecular formula is C32H43FN4O2. The molecule has 2 aromatic rings. The van der Waals surface area contributed by atoms with Crippen LogP contribution in [0.25, 0.3) is 0 Å². The van der Waals surface area contributed by atoms with Crippen molar-refractivity contribution in [3.8, 4) is 0 Å². The molecule has 0 bridgehead atoms. The van der Waals surface area contributed by atoms with Crippen LogP contribution in [-0.2, 0) is 0 Å². The third kappa shape index (κ3) is 7.46. The number of nitrogens with one attached hydrogen (secondary N) is 1. The van der Waals surface area contributed by atoms with Crippen LogP contribution in [0.3, 0.4) is 0 Å². The molecule has 2 saturated heterocycles. The Morgan fingerprint density at radius 1 is 0.795 bits per heavy atom. The maximum Gasteiger partial charge on any atom is 0.251 e. The second-order valence-electron chi connectivity index (χ2n) is 11.8. The van der Waals surface area contributed by atoms with Crippen LogP contribution < -0.4 is 10.2 Å². The van der Waals surface area contributed by atoms with Gasteiger partial charge in [-0.2, -0.15) is 0 Å².